The lowest BCUT2D eigenvalue weighted by Gasteiger charge is -2.19. The summed E-state index contributed by atoms with van der Waals surface area (Å²) < 4.78 is 41.2. The number of unbranched alkanes of at least 4 members (excludes halogenated alkanes) is 1. The summed E-state index contributed by atoms with van der Waals surface area (Å²) in [5.41, 5.74) is -0.121. The average Bonchev–Trinajstić information content (AvgIpc) is 2.75. The van der Waals surface area contributed by atoms with E-state index in [1.807, 2.05) is 20.8 Å². The van der Waals surface area contributed by atoms with E-state index in [0.29, 0.717) is 79.3 Å². The lowest BCUT2D eigenvalue weighted by molar-refractivity contribution is -0.143. The summed E-state index contributed by atoms with van der Waals surface area (Å²) in [5.74, 6) is -0.571. The van der Waals surface area contributed by atoms with Crippen molar-refractivity contribution in [2.24, 2.45) is 0 Å². The Hall–Kier alpha value is -1.30. The quantitative estimate of drug-likeness (QED) is 0.174. The summed E-state index contributed by atoms with van der Waals surface area (Å²) in [4.78, 5) is 20.8. The van der Waals surface area contributed by atoms with Gasteiger partial charge < -0.3 is 37.9 Å². The van der Waals surface area contributed by atoms with Crippen molar-refractivity contribution in [2.45, 2.75) is 60.0 Å². The first-order chi connectivity index (χ1) is 16.2. The summed E-state index contributed by atoms with van der Waals surface area (Å²) in [6.45, 7) is 17.5. The summed E-state index contributed by atoms with van der Waals surface area (Å²) in [5, 5.41) is 0. The first kappa shape index (κ1) is 34.9. The molecule has 0 aliphatic rings. The zero-order valence-electron chi connectivity index (χ0n) is 22.2. The van der Waals surface area contributed by atoms with Gasteiger partial charge in [0.15, 0.2) is 0 Å². The molecule has 0 saturated heterocycles. The maximum atomic E-state index is 10.4. The van der Waals surface area contributed by atoms with Crippen LogP contribution in [0, 0.1) is 0 Å². The Kier molecular flexibility index (Phi) is 27.0. The first-order valence-electron chi connectivity index (χ1n) is 12.0. The molecular formula is C24H48O10. The normalized spacial score (nSPS) is 11.0. The van der Waals surface area contributed by atoms with E-state index in [2.05, 4.69) is 6.92 Å². The third-order valence-corrected chi connectivity index (χ3v) is 3.59. The van der Waals surface area contributed by atoms with Crippen LogP contribution in [0.25, 0.3) is 0 Å². The lowest BCUT2D eigenvalue weighted by atomic mass is 10.2. The van der Waals surface area contributed by atoms with Gasteiger partial charge in [-0.2, -0.15) is 0 Å². The molecule has 204 valence electrons. The van der Waals surface area contributed by atoms with E-state index in [1.54, 1.807) is 0 Å². The highest BCUT2D eigenvalue weighted by Crippen LogP contribution is 2.05. The van der Waals surface area contributed by atoms with Gasteiger partial charge in [-0.05, 0) is 27.2 Å². The van der Waals surface area contributed by atoms with Crippen LogP contribution in [-0.4, -0.2) is 103 Å². The van der Waals surface area contributed by atoms with Crippen molar-refractivity contribution in [3.05, 3.63) is 0 Å². The molecule has 0 aromatic heterocycles. The fourth-order valence-corrected chi connectivity index (χ4v) is 2.01. The Balaban J connectivity index is 0. The Morgan fingerprint density at radius 3 is 1.18 bits per heavy atom. The number of hydrogen-bond donors (Lipinski definition) is 0. The largest absolute Gasteiger partial charge is 0.463 e. The molecule has 0 spiro atoms. The number of esters is 2. The average molecular weight is 497 g/mol. The van der Waals surface area contributed by atoms with Crippen molar-refractivity contribution in [1.82, 2.24) is 0 Å². The smallest absolute Gasteiger partial charge is 0.302 e. The van der Waals surface area contributed by atoms with Crippen LogP contribution in [0.15, 0.2) is 0 Å². The predicted octanol–water partition coefficient (Wildman–Crippen LogP) is 2.80. The third-order valence-electron chi connectivity index (χ3n) is 3.59. The topological polar surface area (TPSA) is 108 Å². The molecule has 0 heterocycles. The van der Waals surface area contributed by atoms with Crippen molar-refractivity contribution >= 4 is 11.9 Å². The molecule has 0 rings (SSSR count). The molecule has 0 aromatic carbocycles. The number of hydrogen-bond acceptors (Lipinski definition) is 10. The molecule has 34 heavy (non-hydrogen) atoms. The number of rotatable bonds is 21. The van der Waals surface area contributed by atoms with E-state index in [0.717, 1.165) is 19.4 Å². The van der Waals surface area contributed by atoms with Crippen LogP contribution < -0.4 is 0 Å². The minimum Gasteiger partial charge on any atom is -0.463 e. The fraction of sp³-hybridized carbons (Fsp3) is 0.917. The van der Waals surface area contributed by atoms with E-state index in [4.69, 9.17) is 37.9 Å². The van der Waals surface area contributed by atoms with Gasteiger partial charge in [-0.1, -0.05) is 13.3 Å². The standard InChI is InChI=1S/2C12H24O5/c1-11(13)16-9-7-14-5-6-15-8-10-17-12(2,3)4;1-3-4-5-14-6-7-15-8-9-16-10-11-17-12(2)13/h5-10H2,1-4H3;3-11H2,1-2H3. The molecule has 10 heteroatoms. The van der Waals surface area contributed by atoms with Gasteiger partial charge in [0, 0.05) is 20.5 Å². The van der Waals surface area contributed by atoms with E-state index >= 15 is 0 Å². The Labute approximate surface area is 205 Å². The summed E-state index contributed by atoms with van der Waals surface area (Å²) >= 11 is 0. The van der Waals surface area contributed by atoms with Crippen LogP contribution in [-0.2, 0) is 47.5 Å². The Morgan fingerprint density at radius 2 is 0.853 bits per heavy atom. The van der Waals surface area contributed by atoms with Gasteiger partial charge in [0.1, 0.15) is 13.2 Å². The van der Waals surface area contributed by atoms with Crippen LogP contribution in [0.5, 0.6) is 0 Å². The summed E-state index contributed by atoms with van der Waals surface area (Å²) in [6.07, 6.45) is 2.25. The molecule has 0 aliphatic heterocycles. The monoisotopic (exact) mass is 496 g/mol. The van der Waals surface area contributed by atoms with Crippen LogP contribution in [0.3, 0.4) is 0 Å². The Bertz CT molecular complexity index is 452. The molecule has 10 nitrogen and oxygen atoms in total. The van der Waals surface area contributed by atoms with Crippen molar-refractivity contribution in [1.29, 1.82) is 0 Å². The van der Waals surface area contributed by atoms with E-state index in [1.165, 1.54) is 13.8 Å². The first-order valence-corrected chi connectivity index (χ1v) is 12.0. The van der Waals surface area contributed by atoms with Crippen LogP contribution in [0.1, 0.15) is 54.4 Å². The molecule has 0 aliphatic carbocycles. The number of carbonyl (C=O) groups is 2. The number of carbonyl (C=O) groups excluding carboxylic acids is 2. The van der Waals surface area contributed by atoms with Crippen molar-refractivity contribution in [2.75, 3.05) is 85.9 Å². The molecule has 0 atom stereocenters. The molecular weight excluding hydrogens is 448 g/mol. The van der Waals surface area contributed by atoms with Gasteiger partial charge in [-0.3, -0.25) is 9.59 Å². The van der Waals surface area contributed by atoms with Crippen LogP contribution in [0.2, 0.25) is 0 Å². The van der Waals surface area contributed by atoms with Crippen molar-refractivity contribution in [3.63, 3.8) is 0 Å². The molecule has 0 N–H and O–H groups in total. The van der Waals surface area contributed by atoms with Crippen LogP contribution in [0.4, 0.5) is 0 Å². The van der Waals surface area contributed by atoms with Gasteiger partial charge in [-0.15, -0.1) is 0 Å². The lowest BCUT2D eigenvalue weighted by Crippen LogP contribution is -2.22. The van der Waals surface area contributed by atoms with Crippen molar-refractivity contribution in [3.8, 4) is 0 Å². The third kappa shape index (κ3) is 38.0. The minimum absolute atomic E-state index is 0.121. The highest BCUT2D eigenvalue weighted by Gasteiger charge is 2.08. The minimum atomic E-state index is -0.288. The predicted molar refractivity (Wildman–Crippen MR) is 128 cm³/mol. The second-order valence-electron chi connectivity index (χ2n) is 8.06. The van der Waals surface area contributed by atoms with Gasteiger partial charge in [-0.25, -0.2) is 0 Å². The molecule has 0 unspecified atom stereocenters. The highest BCUT2D eigenvalue weighted by atomic mass is 16.6. The maximum absolute atomic E-state index is 10.4. The number of ether oxygens (including phenoxy) is 8. The molecule has 0 aromatic rings. The second kappa shape index (κ2) is 26.3. The highest BCUT2D eigenvalue weighted by molar-refractivity contribution is 5.66. The zero-order chi connectivity index (χ0) is 25.9. The van der Waals surface area contributed by atoms with Crippen molar-refractivity contribution < 1.29 is 47.5 Å². The van der Waals surface area contributed by atoms with Crippen LogP contribution >= 0.6 is 0 Å². The second-order valence-corrected chi connectivity index (χ2v) is 8.06. The maximum Gasteiger partial charge on any atom is 0.302 e. The van der Waals surface area contributed by atoms with E-state index in [9.17, 15) is 9.59 Å². The fourth-order valence-electron chi connectivity index (χ4n) is 2.01. The summed E-state index contributed by atoms with van der Waals surface area (Å²) in [6, 6.07) is 0. The van der Waals surface area contributed by atoms with Gasteiger partial charge in [0.25, 0.3) is 0 Å². The van der Waals surface area contributed by atoms with E-state index in [-0.39, 0.29) is 17.5 Å². The molecule has 0 fully saturated rings. The molecule has 0 radical (unpaired) electrons. The molecule has 0 saturated carbocycles. The SMILES string of the molecule is CC(=O)OCCOCCOCCOC(C)(C)C.CCCCOCCOCCOCCOC(C)=O. The zero-order valence-corrected chi connectivity index (χ0v) is 22.2. The summed E-state index contributed by atoms with van der Waals surface area (Å²) in [7, 11) is 0. The molecule has 0 amide bonds. The Morgan fingerprint density at radius 1 is 0.529 bits per heavy atom. The van der Waals surface area contributed by atoms with Gasteiger partial charge in [0.2, 0.25) is 0 Å². The van der Waals surface area contributed by atoms with Gasteiger partial charge >= 0.3 is 11.9 Å². The molecule has 0 bridgehead atoms. The van der Waals surface area contributed by atoms with Gasteiger partial charge in [0.05, 0.1) is 71.7 Å². The van der Waals surface area contributed by atoms with E-state index < -0.39 is 0 Å².